The summed E-state index contributed by atoms with van der Waals surface area (Å²) in [6, 6.07) is 4.31. The Kier molecular flexibility index (Phi) is 4.32. The predicted octanol–water partition coefficient (Wildman–Crippen LogP) is 2.93. The van der Waals surface area contributed by atoms with E-state index in [-0.39, 0.29) is 0 Å². The van der Waals surface area contributed by atoms with Gasteiger partial charge < -0.3 is 5.32 Å². The molecule has 0 unspecified atom stereocenters. The maximum atomic E-state index is 4.22. The van der Waals surface area contributed by atoms with Crippen LogP contribution in [0.4, 0.5) is 0 Å². The smallest absolute Gasteiger partial charge is 0.0795 e. The highest BCUT2D eigenvalue weighted by atomic mass is 32.1. The zero-order valence-electron chi connectivity index (χ0n) is 8.48. The second-order valence-electron chi connectivity index (χ2n) is 3.34. The van der Waals surface area contributed by atoms with E-state index in [0.29, 0.717) is 0 Å². The normalized spacial score (nSPS) is 10.7. The average molecular weight is 238 g/mol. The number of thiophene rings is 1. The molecule has 0 aliphatic rings. The number of aryl methyl sites for hydroxylation is 1. The fraction of sp³-hybridized carbons (Fsp3) is 0.364. The zero-order valence-corrected chi connectivity index (χ0v) is 10.1. The highest BCUT2D eigenvalue weighted by molar-refractivity contribution is 7.09. The summed E-state index contributed by atoms with van der Waals surface area (Å²) in [6.07, 6.45) is 2.38. The molecule has 0 saturated carbocycles. The van der Waals surface area contributed by atoms with Crippen molar-refractivity contribution in [3.05, 3.63) is 39.0 Å². The lowest BCUT2D eigenvalue weighted by Crippen LogP contribution is -2.15. The average Bonchev–Trinajstić information content (AvgIpc) is 2.88. The maximum absolute atomic E-state index is 4.22. The molecule has 0 aliphatic carbocycles. The third-order valence-corrected chi connectivity index (χ3v) is 3.72. The van der Waals surface area contributed by atoms with Crippen LogP contribution in [0.5, 0.6) is 0 Å². The molecule has 0 aliphatic heterocycles. The zero-order chi connectivity index (χ0) is 10.3. The van der Waals surface area contributed by atoms with E-state index in [0.717, 1.165) is 18.8 Å². The number of hydrogen-bond donors (Lipinski definition) is 1. The minimum absolute atomic E-state index is 0.897. The van der Waals surface area contributed by atoms with Crippen LogP contribution in [-0.4, -0.2) is 11.5 Å². The van der Waals surface area contributed by atoms with Crippen molar-refractivity contribution in [3.63, 3.8) is 0 Å². The van der Waals surface area contributed by atoms with Crippen LogP contribution in [0.15, 0.2) is 28.4 Å². The number of nitrogens with zero attached hydrogens (tertiary/aromatic N) is 1. The largest absolute Gasteiger partial charge is 0.311 e. The quantitative estimate of drug-likeness (QED) is 0.783. The van der Waals surface area contributed by atoms with Gasteiger partial charge in [0.2, 0.25) is 0 Å². The second-order valence-corrected chi connectivity index (χ2v) is 5.09. The highest BCUT2D eigenvalue weighted by Crippen LogP contribution is 2.10. The Bertz CT molecular complexity index is 318. The first-order valence-corrected chi connectivity index (χ1v) is 6.87. The van der Waals surface area contributed by atoms with Gasteiger partial charge in [-0.05, 0) is 30.8 Å². The second kappa shape index (κ2) is 6.00. The molecule has 0 saturated heterocycles. The van der Waals surface area contributed by atoms with Gasteiger partial charge in [-0.15, -0.1) is 22.7 Å². The summed E-state index contributed by atoms with van der Waals surface area (Å²) < 4.78 is 0. The molecule has 2 rings (SSSR count). The lowest BCUT2D eigenvalue weighted by Gasteiger charge is -2.01. The molecule has 2 heterocycles. The molecule has 0 atom stereocenters. The minimum Gasteiger partial charge on any atom is -0.311 e. The Morgan fingerprint density at radius 2 is 2.40 bits per heavy atom. The fourth-order valence-corrected chi connectivity index (χ4v) is 2.69. The first-order chi connectivity index (χ1) is 7.45. The van der Waals surface area contributed by atoms with Gasteiger partial charge in [-0.3, -0.25) is 0 Å². The highest BCUT2D eigenvalue weighted by Gasteiger charge is 1.95. The van der Waals surface area contributed by atoms with E-state index in [9.17, 15) is 0 Å². The van der Waals surface area contributed by atoms with Crippen LogP contribution in [0.25, 0.3) is 0 Å². The maximum Gasteiger partial charge on any atom is 0.0795 e. The van der Waals surface area contributed by atoms with Crippen LogP contribution >= 0.6 is 22.7 Å². The van der Waals surface area contributed by atoms with Crippen LogP contribution in [0.3, 0.4) is 0 Å². The Morgan fingerprint density at radius 1 is 1.40 bits per heavy atom. The van der Waals surface area contributed by atoms with Crippen LogP contribution in [0, 0.1) is 0 Å². The van der Waals surface area contributed by atoms with Crippen molar-refractivity contribution in [1.82, 2.24) is 10.3 Å². The summed E-state index contributed by atoms with van der Waals surface area (Å²) >= 11 is 3.49. The van der Waals surface area contributed by atoms with Crippen LogP contribution in [-0.2, 0) is 13.0 Å². The number of rotatable bonds is 6. The lowest BCUT2D eigenvalue weighted by molar-refractivity contribution is 0.645. The van der Waals surface area contributed by atoms with Gasteiger partial charge in [0, 0.05) is 16.8 Å². The summed E-state index contributed by atoms with van der Waals surface area (Å²) in [5.74, 6) is 0. The van der Waals surface area contributed by atoms with Gasteiger partial charge in [0.05, 0.1) is 11.2 Å². The molecule has 1 N–H and O–H groups in total. The van der Waals surface area contributed by atoms with E-state index in [1.807, 2.05) is 16.8 Å². The Labute approximate surface area is 98.0 Å². The molecule has 0 spiro atoms. The molecule has 15 heavy (non-hydrogen) atoms. The van der Waals surface area contributed by atoms with Crippen molar-refractivity contribution in [1.29, 1.82) is 0 Å². The molecule has 2 aromatic heterocycles. The SMILES string of the molecule is c1csc(CCCNCc2cscn2)c1. The van der Waals surface area contributed by atoms with Gasteiger partial charge in [0.15, 0.2) is 0 Å². The molecular formula is C11H14N2S2. The van der Waals surface area contributed by atoms with Gasteiger partial charge in [0.1, 0.15) is 0 Å². The molecule has 0 amide bonds. The van der Waals surface area contributed by atoms with Crippen molar-refractivity contribution < 1.29 is 0 Å². The van der Waals surface area contributed by atoms with Gasteiger partial charge in [-0.2, -0.15) is 0 Å². The van der Waals surface area contributed by atoms with E-state index in [1.54, 1.807) is 11.3 Å². The molecule has 0 fully saturated rings. The van der Waals surface area contributed by atoms with E-state index in [2.05, 4.69) is 33.2 Å². The van der Waals surface area contributed by atoms with Gasteiger partial charge in [-0.25, -0.2) is 4.98 Å². The van der Waals surface area contributed by atoms with Crippen molar-refractivity contribution in [2.45, 2.75) is 19.4 Å². The summed E-state index contributed by atoms with van der Waals surface area (Å²) in [7, 11) is 0. The predicted molar refractivity (Wildman–Crippen MR) is 66.5 cm³/mol. The molecule has 0 radical (unpaired) electrons. The molecule has 2 aromatic rings. The standard InChI is InChI=1S/C11H14N2S2/c1(3-11-4-2-6-15-11)5-12-7-10-8-14-9-13-10/h2,4,6,8-9,12H,1,3,5,7H2. The van der Waals surface area contributed by atoms with Crippen molar-refractivity contribution >= 4 is 22.7 Å². The number of hydrogen-bond acceptors (Lipinski definition) is 4. The van der Waals surface area contributed by atoms with Crippen molar-refractivity contribution in [3.8, 4) is 0 Å². The number of thiazole rings is 1. The van der Waals surface area contributed by atoms with E-state index >= 15 is 0 Å². The van der Waals surface area contributed by atoms with Crippen LogP contribution in [0.2, 0.25) is 0 Å². The Morgan fingerprint density at radius 3 is 3.13 bits per heavy atom. The first kappa shape index (κ1) is 10.8. The molecule has 0 bridgehead atoms. The Balaban J connectivity index is 1.56. The lowest BCUT2D eigenvalue weighted by atomic mass is 10.2. The van der Waals surface area contributed by atoms with E-state index < -0.39 is 0 Å². The minimum atomic E-state index is 0.897. The molecule has 2 nitrogen and oxygen atoms in total. The molecular weight excluding hydrogens is 224 g/mol. The van der Waals surface area contributed by atoms with Crippen molar-refractivity contribution in [2.24, 2.45) is 0 Å². The van der Waals surface area contributed by atoms with Crippen LogP contribution in [0.1, 0.15) is 17.0 Å². The van der Waals surface area contributed by atoms with Gasteiger partial charge in [-0.1, -0.05) is 6.07 Å². The number of aromatic nitrogens is 1. The van der Waals surface area contributed by atoms with Crippen LogP contribution < -0.4 is 5.32 Å². The summed E-state index contributed by atoms with van der Waals surface area (Å²) in [5.41, 5.74) is 3.03. The van der Waals surface area contributed by atoms with Crippen molar-refractivity contribution in [2.75, 3.05) is 6.54 Å². The summed E-state index contributed by atoms with van der Waals surface area (Å²) in [4.78, 5) is 5.70. The summed E-state index contributed by atoms with van der Waals surface area (Å²) in [5, 5.41) is 7.63. The topological polar surface area (TPSA) is 24.9 Å². The number of nitrogens with one attached hydrogen (secondary N) is 1. The molecule has 4 heteroatoms. The van der Waals surface area contributed by atoms with E-state index in [4.69, 9.17) is 0 Å². The third-order valence-electron chi connectivity index (χ3n) is 2.15. The fourth-order valence-electron chi connectivity index (χ4n) is 1.38. The molecule has 0 aromatic carbocycles. The summed E-state index contributed by atoms with van der Waals surface area (Å²) in [6.45, 7) is 1.96. The third kappa shape index (κ3) is 3.74. The van der Waals surface area contributed by atoms with E-state index in [1.165, 1.54) is 17.7 Å². The monoisotopic (exact) mass is 238 g/mol. The first-order valence-electron chi connectivity index (χ1n) is 5.05. The van der Waals surface area contributed by atoms with Gasteiger partial charge >= 0.3 is 0 Å². The Hall–Kier alpha value is -0.710. The van der Waals surface area contributed by atoms with Gasteiger partial charge in [0.25, 0.3) is 0 Å². The molecule has 80 valence electrons.